The van der Waals surface area contributed by atoms with Crippen LogP contribution in [0.15, 0.2) is 195 Å². The normalized spacial score (nSPS) is 19.8. The Balaban J connectivity index is 0.000000134. The predicted molar refractivity (Wildman–Crippen MR) is 504 cm³/mol. The largest absolute Gasteiger partial charge is 0.497 e. The van der Waals surface area contributed by atoms with Crippen LogP contribution in [0, 0.1) is 59.2 Å². The number of nitrogens with zero attached hydrogens (tertiary/aromatic N) is 13. The van der Waals surface area contributed by atoms with E-state index in [-0.39, 0.29) is 61.5 Å². The summed E-state index contributed by atoms with van der Waals surface area (Å²) in [6.07, 6.45) is 11.5. The van der Waals surface area contributed by atoms with Crippen LogP contribution in [0.2, 0.25) is 0 Å². The summed E-state index contributed by atoms with van der Waals surface area (Å²) >= 11 is 0. The number of fused-ring (bicyclic) bond motifs is 4. The Kier molecular flexibility index (Phi) is 25.6. The maximum atomic E-state index is 12.3. The van der Waals surface area contributed by atoms with Gasteiger partial charge in [-0.05, 0) is 127 Å². The molecule has 8 aromatic heterocycles. The second-order valence-corrected chi connectivity index (χ2v) is 34.0. The van der Waals surface area contributed by atoms with Crippen LogP contribution >= 0.6 is 0 Å². The Morgan fingerprint density at radius 1 is 0.336 bits per heavy atom. The van der Waals surface area contributed by atoms with Crippen molar-refractivity contribution in [2.24, 2.45) is 22.9 Å². The van der Waals surface area contributed by atoms with Crippen molar-refractivity contribution < 1.29 is 82.9 Å². The zero-order chi connectivity index (χ0) is 97.3. The summed E-state index contributed by atoms with van der Waals surface area (Å²) in [6.45, 7) is 2.26. The smallest absolute Gasteiger partial charge is 0.285 e. The number of hydrogen-bond donors (Lipinski definition) is 9. The second-order valence-electron chi connectivity index (χ2n) is 34.0. The summed E-state index contributed by atoms with van der Waals surface area (Å²) in [5.41, 5.74) is 26.1. The number of likely N-dealkylation sites (tertiary alicyclic amines) is 5. The third-order valence-corrected chi connectivity index (χ3v) is 24.5. The lowest BCUT2D eigenvalue weighted by Crippen LogP contribution is -2.37. The Morgan fingerprint density at radius 3 is 0.912 bits per heavy atom. The van der Waals surface area contributed by atoms with Gasteiger partial charge in [0.05, 0.1) is 71.4 Å². The Bertz CT molecular complexity index is 7540. The van der Waals surface area contributed by atoms with Crippen LogP contribution in [0.4, 0.5) is 0 Å². The number of carbonyl (C=O) groups excluding carboxylic acids is 9. The van der Waals surface area contributed by atoms with Crippen molar-refractivity contribution in [1.82, 2.24) is 62.0 Å². The summed E-state index contributed by atoms with van der Waals surface area (Å²) in [6, 6.07) is 50.7. The Morgan fingerprint density at radius 2 is 0.613 bits per heavy atom. The van der Waals surface area contributed by atoms with Gasteiger partial charge in [0.1, 0.15) is 17.2 Å². The van der Waals surface area contributed by atoms with Gasteiger partial charge in [0.15, 0.2) is 0 Å². The van der Waals surface area contributed by atoms with Gasteiger partial charge in [-0.2, -0.15) is 0 Å². The van der Waals surface area contributed by atoms with Gasteiger partial charge in [0, 0.05) is 181 Å². The third kappa shape index (κ3) is 19.0. The van der Waals surface area contributed by atoms with E-state index >= 15 is 0 Å². The first-order valence-corrected chi connectivity index (χ1v) is 43.6. The van der Waals surface area contributed by atoms with Gasteiger partial charge < -0.3 is 87.2 Å². The van der Waals surface area contributed by atoms with E-state index in [2.05, 4.69) is 79.1 Å². The average molecular weight is 1840 g/mol. The molecule has 0 spiro atoms. The molecule has 13 aromatic rings. The minimum Gasteiger partial charge on any atom is -0.497 e. The Hall–Kier alpha value is -16.9. The number of methoxy groups -OCH3 is 2. The monoisotopic (exact) mass is 1840 g/mol. The number of imidazole rings is 4. The molecular weight excluding hydrogens is 1750 g/mol. The molecule has 692 valence electrons. The number of ether oxygens (including phenoxy) is 3. The predicted octanol–water partition coefficient (Wildman–Crippen LogP) is 5.74. The number of benzene rings is 5. The molecule has 5 saturated heterocycles. The number of likely N-dealkylation sites (N-methyl/N-ethyl adjacent to an activating group) is 5. The quantitative estimate of drug-likeness (QED) is 0.0621. The van der Waals surface area contributed by atoms with E-state index < -0.39 is 81.2 Å². The fourth-order valence-electron chi connectivity index (χ4n) is 16.5. The summed E-state index contributed by atoms with van der Waals surface area (Å²) < 4.78 is 23.0. The first kappa shape index (κ1) is 93.3. The van der Waals surface area contributed by atoms with Crippen LogP contribution in [0.5, 0.6) is 17.2 Å². The fourth-order valence-corrected chi connectivity index (χ4v) is 16.5. The van der Waals surface area contributed by atoms with Gasteiger partial charge in [0.25, 0.3) is 53.2 Å². The van der Waals surface area contributed by atoms with Crippen LogP contribution in [0.25, 0.3) is 78.2 Å². The van der Waals surface area contributed by atoms with Crippen molar-refractivity contribution >= 4 is 75.2 Å². The van der Waals surface area contributed by atoms with Gasteiger partial charge in [-0.3, -0.25) is 60.8 Å². The molecule has 34 nitrogen and oxygen atoms in total. The molecule has 34 heteroatoms. The number of carbonyl (C=O) groups is 9. The molecule has 0 bridgehead atoms. The number of amides is 9. The zero-order valence-corrected chi connectivity index (χ0v) is 75.5. The van der Waals surface area contributed by atoms with Crippen LogP contribution in [-0.4, -0.2) is 257 Å². The van der Waals surface area contributed by atoms with Gasteiger partial charge in [-0.25, -0.2) is 19.9 Å². The summed E-state index contributed by atoms with van der Waals surface area (Å²) in [4.78, 5) is 134. The lowest BCUT2D eigenvalue weighted by Gasteiger charge is -2.26. The zero-order valence-electron chi connectivity index (χ0n) is 75.5. The molecule has 19 rings (SSSR count). The fraction of sp³-hybridized carbons (Fsp3) is 0.252. The molecule has 13 N–H and O–H groups in total. The molecule has 0 unspecified atom stereocenters. The van der Waals surface area contributed by atoms with Gasteiger partial charge in [0.2, 0.25) is 51.3 Å². The van der Waals surface area contributed by atoms with Gasteiger partial charge in [-0.15, -0.1) is 0 Å². The number of rotatable bonds is 13. The van der Waals surface area contributed by atoms with Crippen molar-refractivity contribution in [2.75, 3.05) is 82.2 Å². The summed E-state index contributed by atoms with van der Waals surface area (Å²) in [7, 11) is 11.3. The lowest BCUT2D eigenvalue weighted by atomic mass is 9.96. The van der Waals surface area contributed by atoms with Crippen molar-refractivity contribution in [3.05, 3.63) is 246 Å². The van der Waals surface area contributed by atoms with E-state index in [9.17, 15) is 68.7 Å². The van der Waals surface area contributed by atoms with Gasteiger partial charge >= 0.3 is 0 Å². The minimum atomic E-state index is -1.72. The number of primary amides is 4. The highest BCUT2D eigenvalue weighted by Gasteiger charge is 2.47. The number of aromatic nitrogens is 8. The highest BCUT2D eigenvalue weighted by molar-refractivity contribution is 5.99. The van der Waals surface area contributed by atoms with Crippen LogP contribution in [-0.2, 0) is 24.0 Å². The standard InChI is InChI=1S/C34H29N5O5.C25H24N4O4.2C22H20N4O4/c1-37-17-14-33(43,31(37)41)12-9-22-5-3-7-24(19-22)25-11-16-39-27(21-25)28(36-30(39)29(35)40)26-8-4-6-23(20-26)10-13-34(44)15-18-38(2)32(34)42;1-28-13-11-25(32,24(28)31)10-8-16-4-2-5-17(14-16)21-20-15-19(33-18-6-3-7-18)9-12-29(20)23(27-21)22(26)30;1-25-11-9-22(29,21(25)28)8-6-14-4-3-5-15(12-14)18-17-13-16(30-2)7-10-26(17)20(24-18)19(23)27;1-25-11-10-22(29,21(25)28)9-8-14-4-3-5-15(12-14)18-17-7-6-16(30-2)13-26(17)20(24-18)19(23)27/h3-8,11,16,19-21,43-44H,14-15,17-18H2,1-2H3,(H2,35,40);2,4-5,9,12,14-15,18,32H,3,6-7,11,13H2,1H3,(H2,26,30);3-5,7,10,12-13,29H,9,11H2,1-2H3,(H2,23,27);3-7,12-13,29H,10-11H2,1-2H3,(H2,23,27)/t33-,34-;25-;2*22-/m0000/s1. The molecule has 0 radical (unpaired) electrons. The molecule has 1 saturated carbocycles. The molecule has 6 aliphatic rings. The number of hydrogen-bond acceptors (Lipinski definition) is 21. The molecular formula is C103H93N17O17. The number of aliphatic hydroxyl groups is 5. The van der Waals surface area contributed by atoms with Crippen LogP contribution in [0.3, 0.4) is 0 Å². The number of nitrogens with two attached hydrogens (primary N) is 4. The molecule has 1 aliphatic carbocycles. The van der Waals surface area contributed by atoms with E-state index in [1.807, 2.05) is 72.8 Å². The van der Waals surface area contributed by atoms with E-state index in [1.54, 1.807) is 182 Å². The van der Waals surface area contributed by atoms with E-state index in [1.165, 1.54) is 38.0 Å². The van der Waals surface area contributed by atoms with Crippen LogP contribution in [0.1, 0.15) is 122 Å². The van der Waals surface area contributed by atoms with Crippen molar-refractivity contribution in [3.8, 4) is 133 Å². The topological polar surface area (TPSA) is 472 Å². The molecule has 6 fully saturated rings. The van der Waals surface area contributed by atoms with Gasteiger partial charge in [-0.1, -0.05) is 120 Å². The summed E-state index contributed by atoms with van der Waals surface area (Å²) in [5, 5.41) is 52.9. The first-order chi connectivity index (χ1) is 65.4. The summed E-state index contributed by atoms with van der Waals surface area (Å²) in [5.74, 6) is 25.8. The Labute approximate surface area is 785 Å². The molecule has 9 amide bonds. The molecule has 5 aliphatic heterocycles. The van der Waals surface area contributed by atoms with Crippen molar-refractivity contribution in [3.63, 3.8) is 0 Å². The molecule has 13 heterocycles. The van der Waals surface area contributed by atoms with Crippen molar-refractivity contribution in [1.29, 1.82) is 0 Å². The third-order valence-electron chi connectivity index (χ3n) is 24.5. The lowest BCUT2D eigenvalue weighted by molar-refractivity contribution is -0.138. The highest BCUT2D eigenvalue weighted by atomic mass is 16.5. The van der Waals surface area contributed by atoms with E-state index in [0.717, 1.165) is 35.1 Å². The SMILES string of the molecule is CN1CC[C@@](O)(C#Cc2cccc(-c3ccn4c(C(N)=O)nc(-c5cccc(C#C[C@]6(O)CCN(C)C6=O)c5)c4c3)c2)C1=O.CN1CC[C@@](O)(C#Cc2cccc(-c3nc(C(N)=O)n4ccc(OC5CCC5)cc34)c2)C1=O.COc1ccc2c(-c3cccc(C#C[C@]4(O)CCN(C)C4=O)c3)nc(C(N)=O)n2c1.COc1ccn2c(C(N)=O)nc(-c3cccc(C#C[C@]4(O)CCN(C)C4=O)c3)c2c1. The van der Waals surface area contributed by atoms with Crippen LogP contribution < -0.4 is 37.1 Å². The highest BCUT2D eigenvalue weighted by Crippen LogP contribution is 2.37. The second kappa shape index (κ2) is 37.6. The molecule has 5 atom stereocenters. The first-order valence-electron chi connectivity index (χ1n) is 43.6. The average Bonchev–Trinajstić information content (AvgIpc) is 1.63. The maximum Gasteiger partial charge on any atom is 0.285 e. The number of pyridine rings is 4. The van der Waals surface area contributed by atoms with Crippen molar-refractivity contribution in [2.45, 2.75) is 85.5 Å². The van der Waals surface area contributed by atoms with E-state index in [4.69, 9.17) is 37.1 Å². The maximum absolute atomic E-state index is 12.3. The minimum absolute atomic E-state index is 0.0611. The molecule has 137 heavy (non-hydrogen) atoms. The van der Waals surface area contributed by atoms with E-state index in [0.29, 0.717) is 134 Å². The molecule has 5 aromatic carbocycles.